The summed E-state index contributed by atoms with van der Waals surface area (Å²) in [4.78, 5) is 2.35. The number of nitrogens with one attached hydrogen (secondary N) is 1. The van der Waals surface area contributed by atoms with E-state index in [1.54, 1.807) is 11.3 Å². The van der Waals surface area contributed by atoms with Gasteiger partial charge in [-0.15, -0.1) is 0 Å². The molecular formula is C17H24N2S. The molecule has 0 fully saturated rings. The van der Waals surface area contributed by atoms with Gasteiger partial charge in [0.1, 0.15) is 0 Å². The van der Waals surface area contributed by atoms with E-state index in [2.05, 4.69) is 72.2 Å². The van der Waals surface area contributed by atoms with E-state index in [0.717, 1.165) is 19.6 Å². The van der Waals surface area contributed by atoms with Gasteiger partial charge in [-0.1, -0.05) is 38.1 Å². The number of hydrogen-bond donors (Lipinski definition) is 1. The number of rotatable bonds is 7. The van der Waals surface area contributed by atoms with Crippen LogP contribution in [0.5, 0.6) is 0 Å². The molecule has 1 N–H and O–H groups in total. The van der Waals surface area contributed by atoms with Crippen molar-refractivity contribution >= 4 is 11.3 Å². The lowest BCUT2D eigenvalue weighted by Crippen LogP contribution is -2.21. The molecule has 0 amide bonds. The normalized spacial score (nSPS) is 11.4. The van der Waals surface area contributed by atoms with Gasteiger partial charge < -0.3 is 5.32 Å². The summed E-state index contributed by atoms with van der Waals surface area (Å²) in [7, 11) is 2.17. The minimum absolute atomic E-state index is 0.534. The van der Waals surface area contributed by atoms with Crippen LogP contribution in [0.15, 0.2) is 41.1 Å². The Hall–Kier alpha value is -1.16. The number of nitrogens with zero attached hydrogens (tertiary/aromatic N) is 1. The van der Waals surface area contributed by atoms with E-state index in [9.17, 15) is 0 Å². The molecule has 0 spiro atoms. The molecule has 0 radical (unpaired) electrons. The molecule has 1 heterocycles. The Bertz CT molecular complexity index is 488. The van der Waals surface area contributed by atoms with E-state index in [4.69, 9.17) is 0 Å². The molecular weight excluding hydrogens is 264 g/mol. The van der Waals surface area contributed by atoms with Crippen molar-refractivity contribution in [2.45, 2.75) is 39.5 Å². The average molecular weight is 288 g/mol. The molecule has 0 unspecified atom stereocenters. The van der Waals surface area contributed by atoms with Crippen LogP contribution in [0.25, 0.3) is 0 Å². The topological polar surface area (TPSA) is 15.3 Å². The van der Waals surface area contributed by atoms with Gasteiger partial charge >= 0.3 is 0 Å². The van der Waals surface area contributed by atoms with Crippen molar-refractivity contribution < 1.29 is 0 Å². The van der Waals surface area contributed by atoms with Crippen LogP contribution in [-0.2, 0) is 19.6 Å². The van der Waals surface area contributed by atoms with Gasteiger partial charge in [-0.2, -0.15) is 11.3 Å². The molecule has 1 aromatic carbocycles. The van der Waals surface area contributed by atoms with Gasteiger partial charge in [0.25, 0.3) is 0 Å². The van der Waals surface area contributed by atoms with E-state index in [0.29, 0.717) is 6.04 Å². The maximum Gasteiger partial charge on any atom is 0.0242 e. The smallest absolute Gasteiger partial charge is 0.0242 e. The molecule has 0 aliphatic carbocycles. The van der Waals surface area contributed by atoms with E-state index < -0.39 is 0 Å². The van der Waals surface area contributed by atoms with Crippen LogP contribution >= 0.6 is 11.3 Å². The van der Waals surface area contributed by atoms with Crippen molar-refractivity contribution in [2.24, 2.45) is 0 Å². The molecule has 0 aliphatic rings. The summed E-state index contributed by atoms with van der Waals surface area (Å²) >= 11 is 1.76. The third kappa shape index (κ3) is 5.08. The standard InChI is InChI=1S/C17H24N2S/c1-14(2)18-10-15-4-6-16(7-5-15)11-19(3)12-17-8-9-20-13-17/h4-9,13-14,18H,10-12H2,1-3H3. The van der Waals surface area contributed by atoms with Gasteiger partial charge in [0.2, 0.25) is 0 Å². The summed E-state index contributed by atoms with van der Waals surface area (Å²) in [5.41, 5.74) is 4.12. The second-order valence-corrected chi connectivity index (χ2v) is 6.44. The lowest BCUT2D eigenvalue weighted by atomic mass is 10.1. The number of hydrogen-bond acceptors (Lipinski definition) is 3. The minimum atomic E-state index is 0.534. The van der Waals surface area contributed by atoms with Gasteiger partial charge in [0.05, 0.1) is 0 Å². The second-order valence-electron chi connectivity index (χ2n) is 5.66. The Labute approximate surface area is 126 Å². The highest BCUT2D eigenvalue weighted by atomic mass is 32.1. The van der Waals surface area contributed by atoms with Gasteiger partial charge in [0.15, 0.2) is 0 Å². The summed E-state index contributed by atoms with van der Waals surface area (Å²) in [5.74, 6) is 0. The first-order chi connectivity index (χ1) is 9.63. The van der Waals surface area contributed by atoms with E-state index in [1.165, 1.54) is 16.7 Å². The second kappa shape index (κ2) is 7.58. The maximum absolute atomic E-state index is 3.44. The Morgan fingerprint density at radius 1 is 1.00 bits per heavy atom. The maximum atomic E-state index is 3.44. The first-order valence-corrected chi connectivity index (χ1v) is 8.08. The third-order valence-corrected chi connectivity index (χ3v) is 3.95. The van der Waals surface area contributed by atoms with E-state index in [1.807, 2.05) is 0 Å². The molecule has 0 bridgehead atoms. The van der Waals surface area contributed by atoms with Crippen LogP contribution in [0.1, 0.15) is 30.5 Å². The highest BCUT2D eigenvalue weighted by Gasteiger charge is 2.03. The Morgan fingerprint density at radius 3 is 2.25 bits per heavy atom. The molecule has 0 aliphatic heterocycles. The van der Waals surface area contributed by atoms with Gasteiger partial charge in [-0.25, -0.2) is 0 Å². The number of benzene rings is 1. The molecule has 2 nitrogen and oxygen atoms in total. The molecule has 3 heteroatoms. The summed E-state index contributed by atoms with van der Waals surface area (Å²) in [6.45, 7) is 7.30. The average Bonchev–Trinajstić information content (AvgIpc) is 2.90. The fourth-order valence-corrected chi connectivity index (χ4v) is 2.81. The van der Waals surface area contributed by atoms with Gasteiger partial charge in [-0.3, -0.25) is 4.90 Å². The van der Waals surface area contributed by atoms with Crippen LogP contribution in [-0.4, -0.2) is 18.0 Å². The molecule has 0 saturated carbocycles. The fourth-order valence-electron chi connectivity index (χ4n) is 2.15. The first-order valence-electron chi connectivity index (χ1n) is 7.14. The van der Waals surface area contributed by atoms with Crippen LogP contribution < -0.4 is 5.32 Å². The van der Waals surface area contributed by atoms with E-state index >= 15 is 0 Å². The van der Waals surface area contributed by atoms with Crippen LogP contribution in [0.3, 0.4) is 0 Å². The van der Waals surface area contributed by atoms with E-state index in [-0.39, 0.29) is 0 Å². The summed E-state index contributed by atoms with van der Waals surface area (Å²) in [6.07, 6.45) is 0. The Morgan fingerprint density at radius 2 is 1.65 bits per heavy atom. The predicted octanol–water partition coefficient (Wildman–Crippen LogP) is 3.88. The molecule has 0 atom stereocenters. The van der Waals surface area contributed by atoms with Crippen LogP contribution in [0.4, 0.5) is 0 Å². The molecule has 1 aromatic heterocycles. The van der Waals surface area contributed by atoms with Crippen molar-refractivity contribution in [1.29, 1.82) is 0 Å². The van der Waals surface area contributed by atoms with Crippen molar-refractivity contribution in [3.63, 3.8) is 0 Å². The minimum Gasteiger partial charge on any atom is -0.310 e. The van der Waals surface area contributed by atoms with Crippen molar-refractivity contribution in [3.8, 4) is 0 Å². The monoisotopic (exact) mass is 288 g/mol. The van der Waals surface area contributed by atoms with Crippen molar-refractivity contribution in [3.05, 3.63) is 57.8 Å². The number of thiophene rings is 1. The molecule has 2 rings (SSSR count). The molecule has 2 aromatic rings. The summed E-state index contributed by atoms with van der Waals surface area (Å²) < 4.78 is 0. The highest BCUT2D eigenvalue weighted by molar-refractivity contribution is 7.07. The van der Waals surface area contributed by atoms with Crippen molar-refractivity contribution in [1.82, 2.24) is 10.2 Å². The molecule has 0 saturated heterocycles. The van der Waals surface area contributed by atoms with Gasteiger partial charge in [0, 0.05) is 25.7 Å². The Balaban J connectivity index is 1.83. The third-order valence-electron chi connectivity index (χ3n) is 3.22. The zero-order chi connectivity index (χ0) is 14.4. The lowest BCUT2D eigenvalue weighted by Gasteiger charge is -2.16. The summed E-state index contributed by atoms with van der Waals surface area (Å²) in [5, 5.41) is 7.80. The van der Waals surface area contributed by atoms with Crippen LogP contribution in [0, 0.1) is 0 Å². The predicted molar refractivity (Wildman–Crippen MR) is 87.9 cm³/mol. The van der Waals surface area contributed by atoms with Crippen LogP contribution in [0.2, 0.25) is 0 Å². The SMILES string of the molecule is CC(C)NCc1ccc(CN(C)Cc2ccsc2)cc1. The fraction of sp³-hybridized carbons (Fsp3) is 0.412. The molecule has 20 heavy (non-hydrogen) atoms. The van der Waals surface area contributed by atoms with Crippen molar-refractivity contribution in [2.75, 3.05) is 7.05 Å². The lowest BCUT2D eigenvalue weighted by molar-refractivity contribution is 0.319. The van der Waals surface area contributed by atoms with Gasteiger partial charge in [-0.05, 0) is 40.6 Å². The highest BCUT2D eigenvalue weighted by Crippen LogP contribution is 2.12. The Kier molecular flexibility index (Phi) is 5.77. The summed E-state index contributed by atoms with van der Waals surface area (Å²) in [6, 6.07) is 11.7. The quantitative estimate of drug-likeness (QED) is 0.832. The zero-order valence-corrected chi connectivity index (χ0v) is 13.4. The first kappa shape index (κ1) is 15.2. The zero-order valence-electron chi connectivity index (χ0n) is 12.6. The molecule has 108 valence electrons. The largest absolute Gasteiger partial charge is 0.310 e.